The van der Waals surface area contributed by atoms with E-state index in [0.29, 0.717) is 23.8 Å². The molecule has 0 radical (unpaired) electrons. The molecule has 100 valence electrons. The zero-order valence-corrected chi connectivity index (χ0v) is 11.9. The summed E-state index contributed by atoms with van der Waals surface area (Å²) in [5.74, 6) is 1.85. The van der Waals surface area contributed by atoms with E-state index in [1.165, 1.54) is 6.42 Å². The third kappa shape index (κ3) is 2.94. The highest BCUT2D eigenvalue weighted by molar-refractivity contribution is 5.85. The molecule has 0 aliphatic carbocycles. The summed E-state index contributed by atoms with van der Waals surface area (Å²) in [4.78, 5) is 14.5. The zero-order chi connectivity index (χ0) is 11.7. The molecule has 0 bridgehead atoms. The lowest BCUT2D eigenvalue weighted by atomic mass is 9.87. The number of nitrogens with zero attached hydrogens (tertiary/aromatic N) is 1. The normalized spacial score (nSPS) is 30.6. The summed E-state index contributed by atoms with van der Waals surface area (Å²) in [5, 5.41) is 3.25. The van der Waals surface area contributed by atoms with Gasteiger partial charge >= 0.3 is 0 Å². The molecule has 2 heterocycles. The van der Waals surface area contributed by atoms with Crippen LogP contribution in [0.25, 0.3) is 0 Å². The van der Waals surface area contributed by atoms with E-state index >= 15 is 0 Å². The number of hydrogen-bond donors (Lipinski definition) is 1. The lowest BCUT2D eigenvalue weighted by molar-refractivity contribution is -0.138. The minimum absolute atomic E-state index is 0. The minimum atomic E-state index is 0. The third-order valence-electron chi connectivity index (χ3n) is 4.29. The summed E-state index contributed by atoms with van der Waals surface area (Å²) >= 11 is 0. The largest absolute Gasteiger partial charge is 0.339 e. The smallest absolute Gasteiger partial charge is 0.226 e. The van der Waals surface area contributed by atoms with E-state index in [1.807, 2.05) is 0 Å². The van der Waals surface area contributed by atoms with Crippen molar-refractivity contribution in [3.63, 3.8) is 0 Å². The summed E-state index contributed by atoms with van der Waals surface area (Å²) < 4.78 is 0. The number of nitrogens with one attached hydrogen (secondary N) is 1. The summed E-state index contributed by atoms with van der Waals surface area (Å²) in [7, 11) is 0. The van der Waals surface area contributed by atoms with Crippen LogP contribution in [-0.4, -0.2) is 36.5 Å². The van der Waals surface area contributed by atoms with E-state index in [4.69, 9.17) is 0 Å². The second-order valence-electron chi connectivity index (χ2n) is 5.60. The second-order valence-corrected chi connectivity index (χ2v) is 5.60. The van der Waals surface area contributed by atoms with E-state index in [1.54, 1.807) is 0 Å². The Morgan fingerprint density at radius 1 is 1.47 bits per heavy atom. The number of rotatable bonds is 3. The van der Waals surface area contributed by atoms with Crippen LogP contribution in [0.4, 0.5) is 0 Å². The predicted octanol–water partition coefficient (Wildman–Crippen LogP) is 1.91. The van der Waals surface area contributed by atoms with E-state index in [2.05, 4.69) is 31.0 Å². The van der Waals surface area contributed by atoms with Crippen LogP contribution >= 0.6 is 12.4 Å². The van der Waals surface area contributed by atoms with Gasteiger partial charge in [-0.2, -0.15) is 0 Å². The van der Waals surface area contributed by atoms with Gasteiger partial charge in [-0.3, -0.25) is 4.79 Å². The van der Waals surface area contributed by atoms with Crippen molar-refractivity contribution in [2.45, 2.75) is 39.7 Å². The first-order valence-corrected chi connectivity index (χ1v) is 6.64. The van der Waals surface area contributed by atoms with Gasteiger partial charge in [0, 0.05) is 18.5 Å². The van der Waals surface area contributed by atoms with Crippen molar-refractivity contribution in [3.05, 3.63) is 0 Å². The Labute approximate surface area is 111 Å². The van der Waals surface area contributed by atoms with E-state index < -0.39 is 0 Å². The molecule has 2 rings (SSSR count). The summed E-state index contributed by atoms with van der Waals surface area (Å²) in [6.07, 6.45) is 2.30. The van der Waals surface area contributed by atoms with Gasteiger partial charge in [0.2, 0.25) is 5.91 Å². The van der Waals surface area contributed by atoms with Crippen molar-refractivity contribution in [1.82, 2.24) is 10.2 Å². The maximum atomic E-state index is 12.4. The van der Waals surface area contributed by atoms with Crippen LogP contribution in [0.1, 0.15) is 33.6 Å². The Bertz CT molecular complexity index is 268. The van der Waals surface area contributed by atoms with Gasteiger partial charge in [0.1, 0.15) is 0 Å². The van der Waals surface area contributed by atoms with Crippen molar-refractivity contribution in [2.75, 3.05) is 19.6 Å². The molecule has 2 aliphatic heterocycles. The highest BCUT2D eigenvalue weighted by Crippen LogP contribution is 2.28. The average molecular weight is 261 g/mol. The molecule has 17 heavy (non-hydrogen) atoms. The molecule has 4 heteroatoms. The lowest BCUT2D eigenvalue weighted by Crippen LogP contribution is -2.51. The number of carbonyl (C=O) groups is 1. The summed E-state index contributed by atoms with van der Waals surface area (Å²) in [5.41, 5.74) is 0. The Morgan fingerprint density at radius 2 is 2.12 bits per heavy atom. The highest BCUT2D eigenvalue weighted by Gasteiger charge is 2.37. The van der Waals surface area contributed by atoms with Crippen LogP contribution in [0.15, 0.2) is 0 Å². The van der Waals surface area contributed by atoms with Crippen LogP contribution < -0.4 is 5.32 Å². The molecule has 2 aliphatic rings. The molecule has 0 spiro atoms. The molecule has 0 aromatic heterocycles. The predicted molar refractivity (Wildman–Crippen MR) is 72.3 cm³/mol. The van der Waals surface area contributed by atoms with Gasteiger partial charge in [-0.1, -0.05) is 20.8 Å². The van der Waals surface area contributed by atoms with Crippen molar-refractivity contribution < 1.29 is 4.79 Å². The maximum absolute atomic E-state index is 12.4. The van der Waals surface area contributed by atoms with E-state index in [9.17, 15) is 4.79 Å². The number of carbonyl (C=O) groups excluding carboxylic acids is 1. The first-order chi connectivity index (χ1) is 7.63. The third-order valence-corrected chi connectivity index (χ3v) is 4.29. The molecule has 1 amide bonds. The van der Waals surface area contributed by atoms with Crippen LogP contribution in [0.2, 0.25) is 0 Å². The fourth-order valence-electron chi connectivity index (χ4n) is 2.94. The maximum Gasteiger partial charge on any atom is 0.226 e. The van der Waals surface area contributed by atoms with Gasteiger partial charge in [-0.25, -0.2) is 0 Å². The first-order valence-electron chi connectivity index (χ1n) is 6.64. The zero-order valence-electron chi connectivity index (χ0n) is 11.1. The van der Waals surface area contributed by atoms with E-state index in [-0.39, 0.29) is 18.3 Å². The Balaban J connectivity index is 0.00000144. The average Bonchev–Trinajstić information content (AvgIpc) is 2.55. The number of halogens is 1. The number of hydrogen-bond acceptors (Lipinski definition) is 2. The molecule has 0 aromatic rings. The number of amides is 1. The van der Waals surface area contributed by atoms with Crippen LogP contribution in [0.5, 0.6) is 0 Å². The topological polar surface area (TPSA) is 32.3 Å². The van der Waals surface area contributed by atoms with Crippen LogP contribution in [0.3, 0.4) is 0 Å². The number of likely N-dealkylation sites (tertiary alicyclic amines) is 1. The first kappa shape index (κ1) is 14.8. The molecular weight excluding hydrogens is 236 g/mol. The standard InChI is InChI=1S/C13H24N2O.ClH/c1-4-12-5-9(2)8-15(12)13(16)10(3)11-6-14-7-11;/h9-12,14H,4-8H2,1-3H3;1H. The molecule has 2 saturated heterocycles. The van der Waals surface area contributed by atoms with Gasteiger partial charge in [-0.15, -0.1) is 12.4 Å². The molecule has 1 N–H and O–H groups in total. The monoisotopic (exact) mass is 260 g/mol. The van der Waals surface area contributed by atoms with E-state index in [0.717, 1.165) is 26.1 Å². The molecule has 0 aromatic carbocycles. The van der Waals surface area contributed by atoms with Crippen molar-refractivity contribution in [1.29, 1.82) is 0 Å². The minimum Gasteiger partial charge on any atom is -0.339 e. The fraction of sp³-hybridized carbons (Fsp3) is 0.923. The van der Waals surface area contributed by atoms with Gasteiger partial charge in [0.25, 0.3) is 0 Å². The Hall–Kier alpha value is -0.280. The van der Waals surface area contributed by atoms with Gasteiger partial charge in [0.15, 0.2) is 0 Å². The Kier molecular flexibility index (Phi) is 5.26. The summed E-state index contributed by atoms with van der Waals surface area (Å²) in [6.45, 7) is 9.57. The molecular formula is C13H25ClN2O. The summed E-state index contributed by atoms with van der Waals surface area (Å²) in [6, 6.07) is 0.498. The molecule has 0 saturated carbocycles. The fourth-order valence-corrected chi connectivity index (χ4v) is 2.94. The highest BCUT2D eigenvalue weighted by atomic mass is 35.5. The van der Waals surface area contributed by atoms with Crippen LogP contribution in [-0.2, 0) is 4.79 Å². The Morgan fingerprint density at radius 3 is 2.59 bits per heavy atom. The van der Waals surface area contributed by atoms with Gasteiger partial charge in [-0.05, 0) is 37.8 Å². The quantitative estimate of drug-likeness (QED) is 0.841. The van der Waals surface area contributed by atoms with Crippen molar-refractivity contribution in [3.8, 4) is 0 Å². The van der Waals surface area contributed by atoms with Gasteiger partial charge in [0.05, 0.1) is 0 Å². The van der Waals surface area contributed by atoms with Crippen molar-refractivity contribution >= 4 is 18.3 Å². The van der Waals surface area contributed by atoms with Crippen molar-refractivity contribution in [2.24, 2.45) is 17.8 Å². The van der Waals surface area contributed by atoms with Gasteiger partial charge < -0.3 is 10.2 Å². The molecule has 3 nitrogen and oxygen atoms in total. The SMILES string of the molecule is CCC1CC(C)CN1C(=O)C(C)C1CNC1.Cl. The molecule has 3 unspecified atom stereocenters. The lowest BCUT2D eigenvalue weighted by Gasteiger charge is -2.35. The molecule has 3 atom stereocenters. The van der Waals surface area contributed by atoms with Crippen LogP contribution in [0, 0.1) is 17.8 Å². The second kappa shape index (κ2) is 6.05. The molecule has 2 fully saturated rings.